The second kappa shape index (κ2) is 7.35. The zero-order chi connectivity index (χ0) is 16.2. The Bertz CT molecular complexity index is 617. The van der Waals surface area contributed by atoms with E-state index in [0.717, 1.165) is 10.0 Å². The normalized spacial score (nSPS) is 12.0. The topological polar surface area (TPSA) is 78.5 Å². The molecule has 0 fully saturated rings. The van der Waals surface area contributed by atoms with Gasteiger partial charge in [-0.1, -0.05) is 15.9 Å². The van der Waals surface area contributed by atoms with E-state index in [1.54, 1.807) is 26.0 Å². The van der Waals surface area contributed by atoms with Crippen molar-refractivity contribution in [3.05, 3.63) is 28.2 Å². The summed E-state index contributed by atoms with van der Waals surface area (Å²) < 4.78 is 28.1. The third-order valence-electron chi connectivity index (χ3n) is 2.96. The number of nitrogens with zero attached hydrogens (tertiary/aromatic N) is 1. The maximum absolute atomic E-state index is 11.9. The number of rotatable bonds is 6. The van der Waals surface area contributed by atoms with Crippen LogP contribution in [-0.2, 0) is 15.0 Å². The molecule has 0 heterocycles. The zero-order valence-electron chi connectivity index (χ0n) is 12.5. The molecule has 0 saturated heterocycles. The molecule has 0 spiro atoms. The van der Waals surface area contributed by atoms with Crippen LogP contribution in [0.15, 0.2) is 22.7 Å². The van der Waals surface area contributed by atoms with E-state index in [0.29, 0.717) is 5.69 Å². The highest BCUT2D eigenvalue weighted by molar-refractivity contribution is 9.10. The number of hydrogen-bond acceptors (Lipinski definition) is 3. The fourth-order valence-electron chi connectivity index (χ4n) is 1.46. The van der Waals surface area contributed by atoms with Gasteiger partial charge in [-0.3, -0.25) is 4.79 Å². The van der Waals surface area contributed by atoms with E-state index in [2.05, 4.69) is 26.0 Å². The number of amides is 1. The second-order valence-corrected chi connectivity index (χ2v) is 7.62. The van der Waals surface area contributed by atoms with Crippen LogP contribution in [0.25, 0.3) is 0 Å². The average Bonchev–Trinajstić information content (AvgIpc) is 2.40. The number of nitrogens with one attached hydrogen (secondary N) is 2. The molecule has 0 atom stereocenters. The Labute approximate surface area is 134 Å². The third kappa shape index (κ3) is 5.39. The summed E-state index contributed by atoms with van der Waals surface area (Å²) >= 11 is 3.37. The van der Waals surface area contributed by atoms with Gasteiger partial charge in [0.2, 0.25) is 5.91 Å². The minimum absolute atomic E-state index is 0.181. The van der Waals surface area contributed by atoms with Gasteiger partial charge in [-0.25, -0.2) is 0 Å². The molecule has 0 unspecified atom stereocenters. The van der Waals surface area contributed by atoms with E-state index in [1.165, 1.54) is 11.4 Å². The molecule has 6 nitrogen and oxygen atoms in total. The van der Waals surface area contributed by atoms with Crippen LogP contribution in [0.4, 0.5) is 5.69 Å². The number of anilines is 1. The van der Waals surface area contributed by atoms with Crippen LogP contribution in [0.2, 0.25) is 0 Å². The van der Waals surface area contributed by atoms with E-state index in [1.807, 2.05) is 13.0 Å². The summed E-state index contributed by atoms with van der Waals surface area (Å²) in [6.07, 6.45) is 0. The van der Waals surface area contributed by atoms with Crippen molar-refractivity contribution in [3.8, 4) is 0 Å². The van der Waals surface area contributed by atoms with Crippen LogP contribution in [0, 0.1) is 6.92 Å². The first kappa shape index (κ1) is 18.1. The van der Waals surface area contributed by atoms with Crippen LogP contribution in [0.1, 0.15) is 19.4 Å². The number of carbonyl (C=O) groups is 1. The van der Waals surface area contributed by atoms with E-state index >= 15 is 0 Å². The predicted octanol–water partition coefficient (Wildman–Crippen LogP) is 1.87. The Morgan fingerprint density at radius 1 is 1.38 bits per heavy atom. The highest BCUT2D eigenvalue weighted by atomic mass is 79.9. The molecule has 0 radical (unpaired) electrons. The van der Waals surface area contributed by atoms with Gasteiger partial charge in [0, 0.05) is 23.2 Å². The number of hydrogen-bond donors (Lipinski definition) is 2. The molecule has 1 aromatic rings. The molecular formula is C13H20BrN3O3S. The number of benzene rings is 1. The lowest BCUT2D eigenvalue weighted by Crippen LogP contribution is -2.44. The lowest BCUT2D eigenvalue weighted by Gasteiger charge is -2.21. The largest absolute Gasteiger partial charge is 0.325 e. The summed E-state index contributed by atoms with van der Waals surface area (Å²) in [7, 11) is -2.19. The van der Waals surface area contributed by atoms with Crippen molar-refractivity contribution in [2.75, 3.05) is 18.9 Å². The van der Waals surface area contributed by atoms with Crippen molar-refractivity contribution in [1.29, 1.82) is 0 Å². The van der Waals surface area contributed by atoms with Crippen molar-refractivity contribution in [2.45, 2.75) is 26.8 Å². The van der Waals surface area contributed by atoms with Crippen molar-refractivity contribution >= 4 is 37.7 Å². The Balaban J connectivity index is 2.60. The Hall–Kier alpha value is -0.960. The zero-order valence-corrected chi connectivity index (χ0v) is 14.9. The number of carbonyl (C=O) groups excluding carboxylic acids is 1. The lowest BCUT2D eigenvalue weighted by molar-refractivity contribution is -0.115. The lowest BCUT2D eigenvalue weighted by atomic mass is 10.2. The molecule has 2 N–H and O–H groups in total. The van der Waals surface area contributed by atoms with Crippen LogP contribution in [0.3, 0.4) is 0 Å². The van der Waals surface area contributed by atoms with Gasteiger partial charge >= 0.3 is 0 Å². The highest BCUT2D eigenvalue weighted by Gasteiger charge is 2.20. The maximum Gasteiger partial charge on any atom is 0.279 e. The molecular weight excluding hydrogens is 358 g/mol. The molecule has 8 heteroatoms. The minimum Gasteiger partial charge on any atom is -0.325 e. The first-order valence-corrected chi connectivity index (χ1v) is 8.65. The Morgan fingerprint density at radius 3 is 2.52 bits per heavy atom. The van der Waals surface area contributed by atoms with E-state index in [9.17, 15) is 13.2 Å². The molecule has 118 valence electrons. The fraction of sp³-hybridized carbons (Fsp3) is 0.462. The molecule has 0 saturated carbocycles. The predicted molar refractivity (Wildman–Crippen MR) is 87.3 cm³/mol. The van der Waals surface area contributed by atoms with E-state index < -0.39 is 16.1 Å². The van der Waals surface area contributed by atoms with Gasteiger partial charge in [-0.05, 0) is 44.5 Å². The molecule has 0 aliphatic carbocycles. The molecule has 0 aliphatic heterocycles. The quantitative estimate of drug-likeness (QED) is 0.793. The number of halogens is 1. The van der Waals surface area contributed by atoms with Crippen molar-refractivity contribution in [2.24, 2.45) is 0 Å². The smallest absolute Gasteiger partial charge is 0.279 e. The third-order valence-corrected chi connectivity index (χ3v) is 5.54. The minimum atomic E-state index is -3.65. The van der Waals surface area contributed by atoms with Gasteiger partial charge in [-0.15, -0.1) is 0 Å². The van der Waals surface area contributed by atoms with Gasteiger partial charge < -0.3 is 5.32 Å². The van der Waals surface area contributed by atoms with Crippen LogP contribution in [0.5, 0.6) is 0 Å². The molecule has 1 amide bonds. The van der Waals surface area contributed by atoms with Crippen LogP contribution < -0.4 is 10.0 Å². The van der Waals surface area contributed by atoms with Gasteiger partial charge in [-0.2, -0.15) is 17.4 Å². The van der Waals surface area contributed by atoms with Gasteiger partial charge in [0.25, 0.3) is 10.2 Å². The molecule has 0 aromatic heterocycles. The van der Waals surface area contributed by atoms with E-state index in [-0.39, 0.29) is 12.6 Å². The standard InChI is InChI=1S/C13H20BrN3O3S/c1-9(2)17(4)21(19,20)15-8-13(18)16-11-5-6-12(14)10(3)7-11/h5-7,9,15H,8H2,1-4H3,(H,16,18). The summed E-state index contributed by atoms with van der Waals surface area (Å²) in [6.45, 7) is 5.10. The van der Waals surface area contributed by atoms with E-state index in [4.69, 9.17) is 0 Å². The monoisotopic (exact) mass is 377 g/mol. The second-order valence-electron chi connectivity index (χ2n) is 4.95. The summed E-state index contributed by atoms with van der Waals surface area (Å²) in [5, 5.41) is 2.65. The van der Waals surface area contributed by atoms with Crippen molar-refractivity contribution < 1.29 is 13.2 Å². The van der Waals surface area contributed by atoms with Crippen molar-refractivity contribution in [3.63, 3.8) is 0 Å². The van der Waals surface area contributed by atoms with Crippen LogP contribution >= 0.6 is 15.9 Å². The Kier molecular flexibility index (Phi) is 6.33. The SMILES string of the molecule is Cc1cc(NC(=O)CNS(=O)(=O)N(C)C(C)C)ccc1Br. The van der Waals surface area contributed by atoms with Gasteiger partial charge in [0.05, 0.1) is 6.54 Å². The summed E-state index contributed by atoms with van der Waals surface area (Å²) in [5.41, 5.74) is 1.60. The molecule has 1 rings (SSSR count). The summed E-state index contributed by atoms with van der Waals surface area (Å²) in [6, 6.07) is 5.18. The summed E-state index contributed by atoms with van der Waals surface area (Å²) in [5.74, 6) is -0.419. The fourth-order valence-corrected chi connectivity index (χ4v) is 2.78. The molecule has 21 heavy (non-hydrogen) atoms. The first-order chi connectivity index (χ1) is 9.63. The first-order valence-electron chi connectivity index (χ1n) is 6.42. The highest BCUT2D eigenvalue weighted by Crippen LogP contribution is 2.19. The van der Waals surface area contributed by atoms with Crippen molar-refractivity contribution in [1.82, 2.24) is 9.03 Å². The molecule has 1 aromatic carbocycles. The van der Waals surface area contributed by atoms with Gasteiger partial charge in [0.1, 0.15) is 0 Å². The average molecular weight is 378 g/mol. The summed E-state index contributed by atoms with van der Waals surface area (Å²) in [4.78, 5) is 11.8. The number of aryl methyl sites for hydroxylation is 1. The molecule has 0 aliphatic rings. The molecule has 0 bridgehead atoms. The maximum atomic E-state index is 11.9. The Morgan fingerprint density at radius 2 is 2.00 bits per heavy atom. The van der Waals surface area contributed by atoms with Gasteiger partial charge in [0.15, 0.2) is 0 Å². The van der Waals surface area contributed by atoms with Crippen LogP contribution in [-0.4, -0.2) is 38.3 Å².